The Morgan fingerprint density at radius 2 is 0.889 bits per heavy atom. The summed E-state index contributed by atoms with van der Waals surface area (Å²) in [6.45, 7) is 13.2. The molecule has 3 unspecified atom stereocenters. The fourth-order valence-corrected chi connectivity index (χ4v) is 2.03. The summed E-state index contributed by atoms with van der Waals surface area (Å²) in [5.74, 6) is -1.50. The van der Waals surface area contributed by atoms with Gasteiger partial charge in [0.1, 0.15) is 19.8 Å². The summed E-state index contributed by atoms with van der Waals surface area (Å²) < 4.78 is 16.4. The van der Waals surface area contributed by atoms with E-state index in [1.54, 1.807) is 0 Å². The number of hydrogen-bond donors (Lipinski definition) is 0. The first-order valence-corrected chi connectivity index (χ1v) is 10.2. The lowest BCUT2D eigenvalue weighted by atomic mass is 9.87. The van der Waals surface area contributed by atoms with Crippen molar-refractivity contribution in [1.29, 1.82) is 0 Å². The molecular formula is C21H38O6. The first-order valence-electron chi connectivity index (χ1n) is 10.2. The number of carbonyl (C=O) groups excluding carboxylic acids is 3. The van der Waals surface area contributed by atoms with Crippen LogP contribution < -0.4 is 0 Å². The fraction of sp³-hybridized carbons (Fsp3) is 0.857. The van der Waals surface area contributed by atoms with Crippen molar-refractivity contribution in [2.24, 2.45) is 23.2 Å². The van der Waals surface area contributed by atoms with Crippen LogP contribution in [0, 0.1) is 23.2 Å². The predicted molar refractivity (Wildman–Crippen MR) is 104 cm³/mol. The molecule has 0 aliphatic heterocycles. The second kappa shape index (κ2) is 12.7. The van der Waals surface area contributed by atoms with E-state index in [0.717, 1.165) is 0 Å². The summed E-state index contributed by atoms with van der Waals surface area (Å²) in [6.07, 6.45) is 2.60. The standard InChI is InChI=1S/C21H38O6/c1-8-15(5)18(22)25-12-21(11-4,13-26-19(23)16(6)9-2)14-27-20(24)17(7)10-3/h15-17H,8-14H2,1-7H3. The highest BCUT2D eigenvalue weighted by Gasteiger charge is 2.35. The number of ether oxygens (including phenoxy) is 3. The van der Waals surface area contributed by atoms with E-state index in [1.165, 1.54) is 0 Å². The van der Waals surface area contributed by atoms with Crippen LogP contribution in [0.15, 0.2) is 0 Å². The highest BCUT2D eigenvalue weighted by atomic mass is 16.6. The predicted octanol–water partition coefficient (Wildman–Crippen LogP) is 4.15. The van der Waals surface area contributed by atoms with Gasteiger partial charge in [-0.25, -0.2) is 0 Å². The van der Waals surface area contributed by atoms with Crippen molar-refractivity contribution in [3.63, 3.8) is 0 Å². The molecule has 0 fully saturated rings. The Labute approximate surface area is 164 Å². The van der Waals surface area contributed by atoms with Crippen molar-refractivity contribution in [3.05, 3.63) is 0 Å². The maximum absolute atomic E-state index is 12.1. The molecule has 3 atom stereocenters. The lowest BCUT2D eigenvalue weighted by molar-refractivity contribution is -0.167. The summed E-state index contributed by atoms with van der Waals surface area (Å²) in [5.41, 5.74) is -0.741. The van der Waals surface area contributed by atoms with Gasteiger partial charge >= 0.3 is 17.9 Å². The van der Waals surface area contributed by atoms with Gasteiger partial charge in [0, 0.05) is 0 Å². The first kappa shape index (κ1) is 25.4. The van der Waals surface area contributed by atoms with E-state index in [1.807, 2.05) is 48.5 Å². The van der Waals surface area contributed by atoms with E-state index in [9.17, 15) is 14.4 Å². The zero-order valence-electron chi connectivity index (χ0n) is 18.1. The lowest BCUT2D eigenvalue weighted by Gasteiger charge is -2.32. The van der Waals surface area contributed by atoms with Crippen molar-refractivity contribution in [1.82, 2.24) is 0 Å². The molecule has 0 aliphatic rings. The molecule has 158 valence electrons. The second-order valence-corrected chi connectivity index (χ2v) is 7.60. The monoisotopic (exact) mass is 386 g/mol. The Kier molecular flexibility index (Phi) is 12.0. The third kappa shape index (κ3) is 8.76. The average Bonchev–Trinajstić information content (AvgIpc) is 2.70. The van der Waals surface area contributed by atoms with Gasteiger partial charge < -0.3 is 14.2 Å². The summed E-state index contributed by atoms with van der Waals surface area (Å²) >= 11 is 0. The van der Waals surface area contributed by atoms with Crippen molar-refractivity contribution < 1.29 is 28.6 Å². The first-order chi connectivity index (χ1) is 12.7. The number of rotatable bonds is 13. The number of esters is 3. The van der Waals surface area contributed by atoms with Crippen LogP contribution in [0.5, 0.6) is 0 Å². The molecule has 0 amide bonds. The molecule has 0 radical (unpaired) electrons. The summed E-state index contributed by atoms with van der Waals surface area (Å²) in [5, 5.41) is 0. The van der Waals surface area contributed by atoms with Gasteiger partial charge in [0.05, 0.1) is 23.2 Å². The van der Waals surface area contributed by atoms with Crippen LogP contribution in [0.25, 0.3) is 0 Å². The van der Waals surface area contributed by atoms with Gasteiger partial charge in [0.25, 0.3) is 0 Å². The zero-order chi connectivity index (χ0) is 21.0. The highest BCUT2D eigenvalue weighted by molar-refractivity contribution is 5.73. The van der Waals surface area contributed by atoms with Gasteiger partial charge in [-0.15, -0.1) is 0 Å². The zero-order valence-corrected chi connectivity index (χ0v) is 18.1. The molecule has 6 nitrogen and oxygen atoms in total. The van der Waals surface area contributed by atoms with E-state index >= 15 is 0 Å². The van der Waals surface area contributed by atoms with Gasteiger partial charge in [-0.2, -0.15) is 0 Å². The number of carbonyl (C=O) groups is 3. The Hall–Kier alpha value is -1.59. The van der Waals surface area contributed by atoms with Crippen LogP contribution in [0.3, 0.4) is 0 Å². The van der Waals surface area contributed by atoms with Crippen molar-refractivity contribution in [3.8, 4) is 0 Å². The molecule has 0 bridgehead atoms. The molecule has 0 aliphatic carbocycles. The molecule has 0 saturated carbocycles. The Morgan fingerprint density at radius 3 is 1.07 bits per heavy atom. The third-order valence-electron chi connectivity index (χ3n) is 5.36. The lowest BCUT2D eigenvalue weighted by Crippen LogP contribution is -2.40. The fourth-order valence-electron chi connectivity index (χ4n) is 2.03. The topological polar surface area (TPSA) is 78.9 Å². The molecule has 0 aromatic carbocycles. The van der Waals surface area contributed by atoms with E-state index in [2.05, 4.69) is 0 Å². The molecule has 27 heavy (non-hydrogen) atoms. The normalized spacial score (nSPS) is 16.6. The molecular weight excluding hydrogens is 348 g/mol. The molecule has 0 aromatic heterocycles. The van der Waals surface area contributed by atoms with Gasteiger partial charge in [-0.1, -0.05) is 48.5 Å². The van der Waals surface area contributed by atoms with Crippen LogP contribution in [0.4, 0.5) is 0 Å². The van der Waals surface area contributed by atoms with E-state index in [0.29, 0.717) is 25.7 Å². The van der Waals surface area contributed by atoms with Crippen LogP contribution in [-0.4, -0.2) is 37.7 Å². The molecule has 0 saturated heterocycles. The summed E-state index contributed by atoms with van der Waals surface area (Å²) in [4.78, 5) is 36.3. The van der Waals surface area contributed by atoms with E-state index in [4.69, 9.17) is 14.2 Å². The smallest absolute Gasteiger partial charge is 0.308 e. The van der Waals surface area contributed by atoms with Crippen molar-refractivity contribution in [2.75, 3.05) is 19.8 Å². The largest absolute Gasteiger partial charge is 0.465 e. The van der Waals surface area contributed by atoms with E-state index < -0.39 is 5.41 Å². The minimum atomic E-state index is -0.741. The Bertz CT molecular complexity index is 409. The third-order valence-corrected chi connectivity index (χ3v) is 5.36. The molecule has 0 rings (SSSR count). The quantitative estimate of drug-likeness (QED) is 0.349. The van der Waals surface area contributed by atoms with Crippen molar-refractivity contribution >= 4 is 17.9 Å². The van der Waals surface area contributed by atoms with Gasteiger partial charge in [0.2, 0.25) is 0 Å². The number of hydrogen-bond acceptors (Lipinski definition) is 6. The maximum atomic E-state index is 12.1. The van der Waals surface area contributed by atoms with Gasteiger partial charge in [0.15, 0.2) is 0 Å². The second-order valence-electron chi connectivity index (χ2n) is 7.60. The van der Waals surface area contributed by atoms with Crippen LogP contribution in [-0.2, 0) is 28.6 Å². The van der Waals surface area contributed by atoms with Gasteiger partial charge in [-0.05, 0) is 25.7 Å². The van der Waals surface area contributed by atoms with Crippen LogP contribution >= 0.6 is 0 Å². The SMILES string of the molecule is CCC(C)C(=O)OCC(CC)(COC(=O)C(C)CC)COC(=O)C(C)CC. The van der Waals surface area contributed by atoms with E-state index in [-0.39, 0.29) is 55.5 Å². The molecule has 0 aromatic rings. The molecule has 0 N–H and O–H groups in total. The minimum Gasteiger partial charge on any atom is -0.465 e. The van der Waals surface area contributed by atoms with Gasteiger partial charge in [-0.3, -0.25) is 14.4 Å². The molecule has 0 spiro atoms. The van der Waals surface area contributed by atoms with Crippen molar-refractivity contribution in [2.45, 2.75) is 74.1 Å². The highest BCUT2D eigenvalue weighted by Crippen LogP contribution is 2.26. The maximum Gasteiger partial charge on any atom is 0.308 e. The summed E-state index contributed by atoms with van der Waals surface area (Å²) in [7, 11) is 0. The molecule has 6 heteroatoms. The summed E-state index contributed by atoms with van der Waals surface area (Å²) in [6, 6.07) is 0. The van der Waals surface area contributed by atoms with Crippen LogP contribution in [0.1, 0.15) is 74.1 Å². The van der Waals surface area contributed by atoms with Crippen LogP contribution in [0.2, 0.25) is 0 Å². The minimum absolute atomic E-state index is 0.0498. The Balaban J connectivity index is 5.14. The Morgan fingerprint density at radius 1 is 0.630 bits per heavy atom. The molecule has 0 heterocycles. The average molecular weight is 387 g/mol.